The van der Waals surface area contributed by atoms with E-state index in [4.69, 9.17) is 0 Å². The lowest BCUT2D eigenvalue weighted by Gasteiger charge is -2.13. The molecule has 0 aromatic carbocycles. The van der Waals surface area contributed by atoms with Crippen LogP contribution in [-0.4, -0.2) is 51.9 Å². The van der Waals surface area contributed by atoms with Crippen molar-refractivity contribution in [1.29, 1.82) is 0 Å². The van der Waals surface area contributed by atoms with Crippen molar-refractivity contribution in [2.45, 2.75) is 18.6 Å². The number of pyridine rings is 1. The number of nitrogens with zero attached hydrogens (tertiary/aromatic N) is 2. The van der Waals surface area contributed by atoms with Crippen molar-refractivity contribution >= 4 is 0 Å². The fraction of sp³-hybridized carbons (Fsp3) is 0.545. The molecule has 2 heterocycles. The van der Waals surface area contributed by atoms with Gasteiger partial charge in [0.05, 0.1) is 12.2 Å². The Balaban J connectivity index is 1.80. The Labute approximate surface area is 89.2 Å². The SMILES string of the molecule is OC1CN(CCc2cccnc2)CC1O. The molecular formula is C11H16N2O2. The average Bonchev–Trinajstić information content (AvgIpc) is 2.57. The van der Waals surface area contributed by atoms with E-state index in [-0.39, 0.29) is 0 Å². The average molecular weight is 208 g/mol. The minimum atomic E-state index is -0.584. The number of likely N-dealkylation sites (tertiary alicyclic amines) is 1. The molecule has 1 aliphatic heterocycles. The van der Waals surface area contributed by atoms with Gasteiger partial charge in [0, 0.05) is 32.0 Å². The molecule has 2 rings (SSSR count). The molecule has 1 fully saturated rings. The summed E-state index contributed by atoms with van der Waals surface area (Å²) < 4.78 is 0. The molecule has 1 aliphatic rings. The van der Waals surface area contributed by atoms with E-state index in [0.717, 1.165) is 13.0 Å². The van der Waals surface area contributed by atoms with Crippen LogP contribution in [0.5, 0.6) is 0 Å². The van der Waals surface area contributed by atoms with Crippen LogP contribution in [0.15, 0.2) is 24.5 Å². The molecule has 1 aromatic rings. The highest BCUT2D eigenvalue weighted by atomic mass is 16.3. The Morgan fingerprint density at radius 2 is 2.07 bits per heavy atom. The molecule has 0 saturated carbocycles. The highest BCUT2D eigenvalue weighted by molar-refractivity contribution is 5.08. The van der Waals surface area contributed by atoms with Crippen LogP contribution < -0.4 is 0 Å². The maximum atomic E-state index is 9.36. The van der Waals surface area contributed by atoms with Gasteiger partial charge in [0.1, 0.15) is 0 Å². The summed E-state index contributed by atoms with van der Waals surface area (Å²) in [6.45, 7) is 2.00. The quantitative estimate of drug-likeness (QED) is 0.713. The topological polar surface area (TPSA) is 56.6 Å². The van der Waals surface area contributed by atoms with Gasteiger partial charge in [-0.25, -0.2) is 0 Å². The fourth-order valence-corrected chi connectivity index (χ4v) is 1.86. The molecule has 4 heteroatoms. The van der Waals surface area contributed by atoms with E-state index in [1.807, 2.05) is 18.3 Å². The van der Waals surface area contributed by atoms with Crippen LogP contribution in [0.4, 0.5) is 0 Å². The number of aliphatic hydroxyl groups is 2. The van der Waals surface area contributed by atoms with Gasteiger partial charge in [-0.05, 0) is 18.1 Å². The molecule has 0 amide bonds. The van der Waals surface area contributed by atoms with Crippen LogP contribution >= 0.6 is 0 Å². The summed E-state index contributed by atoms with van der Waals surface area (Å²) in [5, 5.41) is 18.7. The van der Waals surface area contributed by atoms with Gasteiger partial charge >= 0.3 is 0 Å². The van der Waals surface area contributed by atoms with Crippen LogP contribution in [0.2, 0.25) is 0 Å². The second-order valence-electron chi connectivity index (χ2n) is 4.01. The smallest absolute Gasteiger partial charge is 0.0938 e. The first-order valence-electron chi connectivity index (χ1n) is 5.23. The van der Waals surface area contributed by atoms with Crippen molar-refractivity contribution in [2.24, 2.45) is 0 Å². The van der Waals surface area contributed by atoms with Gasteiger partial charge in [0.25, 0.3) is 0 Å². The van der Waals surface area contributed by atoms with Gasteiger partial charge in [-0.15, -0.1) is 0 Å². The third kappa shape index (κ3) is 2.75. The Morgan fingerprint density at radius 3 is 2.67 bits per heavy atom. The van der Waals surface area contributed by atoms with Crippen molar-refractivity contribution in [3.05, 3.63) is 30.1 Å². The van der Waals surface area contributed by atoms with Crippen molar-refractivity contribution in [3.63, 3.8) is 0 Å². The minimum Gasteiger partial charge on any atom is -0.389 e. The molecule has 0 bridgehead atoms. The van der Waals surface area contributed by atoms with Crippen molar-refractivity contribution in [2.75, 3.05) is 19.6 Å². The molecular weight excluding hydrogens is 192 g/mol. The summed E-state index contributed by atoms with van der Waals surface area (Å²) in [5.41, 5.74) is 1.19. The number of hydrogen-bond acceptors (Lipinski definition) is 4. The summed E-state index contributed by atoms with van der Waals surface area (Å²) >= 11 is 0. The zero-order valence-electron chi connectivity index (χ0n) is 8.58. The summed E-state index contributed by atoms with van der Waals surface area (Å²) in [5.74, 6) is 0. The van der Waals surface area contributed by atoms with E-state index in [9.17, 15) is 10.2 Å². The Hall–Kier alpha value is -0.970. The monoisotopic (exact) mass is 208 g/mol. The van der Waals surface area contributed by atoms with Gasteiger partial charge in [0.15, 0.2) is 0 Å². The normalized spacial score (nSPS) is 27.1. The summed E-state index contributed by atoms with van der Waals surface area (Å²) in [6, 6.07) is 3.96. The van der Waals surface area contributed by atoms with E-state index in [1.165, 1.54) is 5.56 Å². The van der Waals surface area contributed by atoms with E-state index in [0.29, 0.717) is 13.1 Å². The van der Waals surface area contributed by atoms with Crippen molar-refractivity contribution < 1.29 is 10.2 Å². The minimum absolute atomic E-state index is 0.571. The number of aromatic nitrogens is 1. The second kappa shape index (κ2) is 4.70. The zero-order chi connectivity index (χ0) is 10.7. The lowest BCUT2D eigenvalue weighted by Crippen LogP contribution is -2.24. The predicted molar refractivity (Wildman–Crippen MR) is 56.4 cm³/mol. The standard InChI is InChI=1S/C11H16N2O2/c14-10-7-13(8-11(10)15)5-3-9-2-1-4-12-6-9/h1-2,4,6,10-11,14-15H,3,5,7-8H2. The predicted octanol–water partition coefficient (Wildman–Crippen LogP) is -0.338. The first kappa shape index (κ1) is 10.5. The molecule has 0 radical (unpaired) electrons. The fourth-order valence-electron chi connectivity index (χ4n) is 1.86. The number of hydrogen-bond donors (Lipinski definition) is 2. The number of rotatable bonds is 3. The molecule has 0 aliphatic carbocycles. The molecule has 2 N–H and O–H groups in total. The first-order chi connectivity index (χ1) is 7.25. The third-order valence-electron chi connectivity index (χ3n) is 2.77. The van der Waals surface area contributed by atoms with E-state index < -0.39 is 12.2 Å². The summed E-state index contributed by atoms with van der Waals surface area (Å²) in [6.07, 6.45) is 3.35. The lowest BCUT2D eigenvalue weighted by atomic mass is 10.2. The van der Waals surface area contributed by atoms with Gasteiger partial charge in [-0.2, -0.15) is 0 Å². The maximum absolute atomic E-state index is 9.36. The van der Waals surface area contributed by atoms with Crippen LogP contribution in [0.1, 0.15) is 5.56 Å². The van der Waals surface area contributed by atoms with Gasteiger partial charge < -0.3 is 10.2 Å². The second-order valence-corrected chi connectivity index (χ2v) is 4.01. The number of β-amino-alcohol motifs (C(OH)–C–C–N with tert-alkyl or cyclic N) is 2. The van der Waals surface area contributed by atoms with Gasteiger partial charge in [0.2, 0.25) is 0 Å². The summed E-state index contributed by atoms with van der Waals surface area (Å²) in [4.78, 5) is 6.11. The molecule has 82 valence electrons. The first-order valence-corrected chi connectivity index (χ1v) is 5.23. The molecule has 2 unspecified atom stereocenters. The van der Waals surface area contributed by atoms with E-state index in [2.05, 4.69) is 9.88 Å². The van der Waals surface area contributed by atoms with Gasteiger partial charge in [-0.3, -0.25) is 9.88 Å². The van der Waals surface area contributed by atoms with Crippen LogP contribution in [0, 0.1) is 0 Å². The molecule has 0 spiro atoms. The van der Waals surface area contributed by atoms with E-state index in [1.54, 1.807) is 6.20 Å². The van der Waals surface area contributed by atoms with Crippen molar-refractivity contribution in [1.82, 2.24) is 9.88 Å². The van der Waals surface area contributed by atoms with Crippen LogP contribution in [-0.2, 0) is 6.42 Å². The molecule has 1 saturated heterocycles. The molecule has 2 atom stereocenters. The summed E-state index contributed by atoms with van der Waals surface area (Å²) in [7, 11) is 0. The van der Waals surface area contributed by atoms with Crippen molar-refractivity contribution in [3.8, 4) is 0 Å². The molecule has 4 nitrogen and oxygen atoms in total. The Bertz CT molecular complexity index is 295. The Kier molecular flexibility index (Phi) is 3.30. The molecule has 15 heavy (non-hydrogen) atoms. The maximum Gasteiger partial charge on any atom is 0.0938 e. The number of aliphatic hydroxyl groups excluding tert-OH is 2. The van der Waals surface area contributed by atoms with Crippen LogP contribution in [0.25, 0.3) is 0 Å². The van der Waals surface area contributed by atoms with E-state index >= 15 is 0 Å². The third-order valence-corrected chi connectivity index (χ3v) is 2.77. The Morgan fingerprint density at radius 1 is 1.33 bits per heavy atom. The highest BCUT2D eigenvalue weighted by Gasteiger charge is 2.28. The largest absolute Gasteiger partial charge is 0.389 e. The van der Waals surface area contributed by atoms with Gasteiger partial charge in [-0.1, -0.05) is 6.07 Å². The van der Waals surface area contributed by atoms with Crippen LogP contribution in [0.3, 0.4) is 0 Å². The molecule has 1 aromatic heterocycles. The lowest BCUT2D eigenvalue weighted by molar-refractivity contribution is 0.0572. The zero-order valence-corrected chi connectivity index (χ0v) is 8.58. The highest BCUT2D eigenvalue weighted by Crippen LogP contribution is 2.10.